The number of nitrogens with zero attached hydrogens (tertiary/aromatic N) is 1. The van der Waals surface area contributed by atoms with Crippen LogP contribution < -0.4 is 10.5 Å². The second kappa shape index (κ2) is 8.19. The lowest BCUT2D eigenvalue weighted by Crippen LogP contribution is -2.38. The number of unbranched alkanes of at least 4 members (excludes halogenated alkanes) is 1. The van der Waals surface area contributed by atoms with Gasteiger partial charge in [-0.3, -0.25) is 4.52 Å². The molecule has 0 amide bonds. The normalized spacial score (nSPS) is 22.5. The number of benzene rings is 2. The lowest BCUT2D eigenvalue weighted by molar-refractivity contribution is 0.0659. The Labute approximate surface area is 169 Å². The highest BCUT2D eigenvalue weighted by Crippen LogP contribution is 2.46. The molecule has 1 saturated carbocycles. The van der Waals surface area contributed by atoms with Crippen LogP contribution >= 0.6 is 19.9 Å². The molecular weight excluding hydrogens is 395 g/mol. The quantitative estimate of drug-likeness (QED) is 0.289. The molecule has 28 heavy (non-hydrogen) atoms. The van der Waals surface area contributed by atoms with E-state index in [1.54, 1.807) is 11.3 Å². The van der Waals surface area contributed by atoms with Crippen LogP contribution in [0.25, 0.3) is 21.0 Å². The fraction of sp³-hybridized carbons (Fsp3) is 0.450. The minimum atomic E-state index is -2.44. The first-order valence-corrected chi connectivity index (χ1v) is 11.6. The summed E-state index contributed by atoms with van der Waals surface area (Å²) in [4.78, 5) is 22.9. The summed E-state index contributed by atoms with van der Waals surface area (Å²) in [5, 5.41) is 3.06. The van der Waals surface area contributed by atoms with Gasteiger partial charge in [-0.25, -0.2) is 4.98 Å². The van der Waals surface area contributed by atoms with Gasteiger partial charge in [0, 0.05) is 5.39 Å². The molecule has 6 nitrogen and oxygen atoms in total. The lowest BCUT2D eigenvalue weighted by atomic mass is 9.94. The lowest BCUT2D eigenvalue weighted by Gasteiger charge is -2.24. The van der Waals surface area contributed by atoms with Crippen molar-refractivity contribution in [3.63, 3.8) is 0 Å². The topological polar surface area (TPSA) is 97.8 Å². The molecule has 1 aromatic heterocycles. The van der Waals surface area contributed by atoms with Crippen LogP contribution in [0.2, 0.25) is 0 Å². The first-order chi connectivity index (χ1) is 13.5. The summed E-state index contributed by atoms with van der Waals surface area (Å²) in [7, 11) is -2.44. The van der Waals surface area contributed by atoms with Gasteiger partial charge in [0.1, 0.15) is 5.72 Å². The number of hydrogen-bond acceptors (Lipinski definition) is 7. The number of ether oxygens (including phenoxy) is 1. The maximum atomic E-state index is 9.15. The fourth-order valence-corrected chi connectivity index (χ4v) is 5.37. The Bertz CT molecular complexity index is 979. The van der Waals surface area contributed by atoms with Crippen molar-refractivity contribution in [2.45, 2.75) is 50.7 Å². The van der Waals surface area contributed by atoms with Crippen molar-refractivity contribution in [3.05, 3.63) is 35.9 Å². The van der Waals surface area contributed by atoms with Gasteiger partial charge in [-0.05, 0) is 48.6 Å². The molecule has 1 aliphatic rings. The van der Waals surface area contributed by atoms with Gasteiger partial charge < -0.3 is 20.3 Å². The van der Waals surface area contributed by atoms with Crippen LogP contribution in [0.1, 0.15) is 50.5 Å². The maximum absolute atomic E-state index is 9.15. The third kappa shape index (κ3) is 4.15. The van der Waals surface area contributed by atoms with Crippen LogP contribution in [0.5, 0.6) is 5.19 Å². The highest BCUT2D eigenvalue weighted by Gasteiger charge is 2.39. The first kappa shape index (κ1) is 20.0. The monoisotopic (exact) mass is 420 g/mol. The minimum absolute atomic E-state index is 0.245. The van der Waals surface area contributed by atoms with Gasteiger partial charge in [0.15, 0.2) is 0 Å². The van der Waals surface area contributed by atoms with Crippen molar-refractivity contribution >= 4 is 40.9 Å². The molecule has 0 radical (unpaired) electrons. The summed E-state index contributed by atoms with van der Waals surface area (Å²) >= 11 is 1.60. The molecule has 1 fully saturated rings. The molecule has 4 rings (SSSR count). The van der Waals surface area contributed by atoms with Gasteiger partial charge in [0.2, 0.25) is 0 Å². The van der Waals surface area contributed by atoms with Crippen LogP contribution in [0, 0.1) is 0 Å². The van der Waals surface area contributed by atoms with Crippen LogP contribution in [-0.2, 0) is 4.52 Å². The van der Waals surface area contributed by atoms with Crippen molar-refractivity contribution in [1.82, 2.24) is 4.98 Å². The Balaban J connectivity index is 1.58. The van der Waals surface area contributed by atoms with E-state index in [0.717, 1.165) is 40.1 Å². The summed E-state index contributed by atoms with van der Waals surface area (Å²) in [6, 6.07) is 10.6. The van der Waals surface area contributed by atoms with Crippen LogP contribution in [0.3, 0.4) is 0 Å². The van der Waals surface area contributed by atoms with E-state index < -0.39 is 14.3 Å². The molecule has 0 saturated heterocycles. The molecule has 2 aromatic carbocycles. The molecule has 2 unspecified atom stereocenters. The Morgan fingerprint density at radius 1 is 1.32 bits per heavy atom. The number of thiazole rings is 1. The zero-order valence-corrected chi connectivity index (χ0v) is 17.5. The van der Waals surface area contributed by atoms with Gasteiger partial charge in [0.25, 0.3) is 5.19 Å². The predicted octanol–water partition coefficient (Wildman–Crippen LogP) is 4.78. The Morgan fingerprint density at radius 2 is 2.18 bits per heavy atom. The van der Waals surface area contributed by atoms with Crippen LogP contribution in [0.4, 0.5) is 0 Å². The van der Waals surface area contributed by atoms with Crippen molar-refractivity contribution in [2.24, 2.45) is 5.73 Å². The number of nitrogens with two attached hydrogens (primary N) is 1. The number of rotatable bonds is 7. The van der Waals surface area contributed by atoms with Crippen molar-refractivity contribution in [3.8, 4) is 5.19 Å². The van der Waals surface area contributed by atoms with Gasteiger partial charge in [-0.2, -0.15) is 0 Å². The number of hydrogen-bond donors (Lipinski definition) is 3. The van der Waals surface area contributed by atoms with E-state index in [0.29, 0.717) is 19.4 Å². The summed E-state index contributed by atoms with van der Waals surface area (Å²) < 4.78 is 12.1. The SMILES string of the molecule is CCCCOc1nc2ccc3cc(C4CCC(N)(OP(O)O)C4)ccc3c2s1. The van der Waals surface area contributed by atoms with E-state index in [1.807, 2.05) is 6.07 Å². The third-order valence-corrected chi connectivity index (χ3v) is 6.88. The highest BCUT2D eigenvalue weighted by molar-refractivity contribution is 7.39. The molecule has 0 spiro atoms. The largest absolute Gasteiger partial charge is 0.470 e. The Hall–Kier alpha value is -1.34. The molecule has 4 N–H and O–H groups in total. The van der Waals surface area contributed by atoms with E-state index in [1.165, 1.54) is 10.9 Å². The van der Waals surface area contributed by atoms with E-state index in [-0.39, 0.29) is 5.92 Å². The van der Waals surface area contributed by atoms with Gasteiger partial charge in [-0.1, -0.05) is 48.9 Å². The standard InChI is InChI=1S/C20H25N2O4PS/c1-2-3-10-25-19-22-17-7-5-14-11-13(4-6-16(14)18(17)28-19)15-8-9-20(21,12-15)26-27(23)24/h4-7,11,15,23-24H,2-3,8-10,12,21H2,1H3. The minimum Gasteiger partial charge on any atom is -0.470 e. The molecule has 150 valence electrons. The van der Waals surface area contributed by atoms with Gasteiger partial charge >= 0.3 is 8.60 Å². The molecule has 0 aliphatic heterocycles. The first-order valence-electron chi connectivity index (χ1n) is 9.59. The smallest absolute Gasteiger partial charge is 0.328 e. The summed E-state index contributed by atoms with van der Waals surface area (Å²) in [6.07, 6.45) is 4.19. The second-order valence-electron chi connectivity index (χ2n) is 7.42. The van der Waals surface area contributed by atoms with Gasteiger partial charge in [-0.15, -0.1) is 0 Å². The maximum Gasteiger partial charge on any atom is 0.328 e. The second-order valence-corrected chi connectivity index (χ2v) is 9.07. The molecule has 8 heteroatoms. The van der Waals surface area contributed by atoms with Crippen molar-refractivity contribution < 1.29 is 19.0 Å². The van der Waals surface area contributed by atoms with Crippen molar-refractivity contribution in [2.75, 3.05) is 6.61 Å². The Kier molecular flexibility index (Phi) is 5.83. The average Bonchev–Trinajstić information content (AvgIpc) is 3.24. The zero-order valence-electron chi connectivity index (χ0n) is 15.8. The van der Waals surface area contributed by atoms with Gasteiger partial charge in [0.05, 0.1) is 16.8 Å². The molecule has 1 aliphatic carbocycles. The fourth-order valence-electron chi connectivity index (χ4n) is 3.90. The summed E-state index contributed by atoms with van der Waals surface area (Å²) in [5.74, 6) is 0.245. The molecule has 0 bridgehead atoms. The van der Waals surface area contributed by atoms with E-state index in [9.17, 15) is 0 Å². The highest BCUT2D eigenvalue weighted by atomic mass is 32.1. The van der Waals surface area contributed by atoms with Crippen LogP contribution in [-0.4, -0.2) is 27.1 Å². The van der Waals surface area contributed by atoms with Crippen molar-refractivity contribution in [1.29, 1.82) is 0 Å². The molecular formula is C20H25N2O4PS. The summed E-state index contributed by atoms with van der Waals surface area (Å²) in [5.41, 5.74) is 7.39. The Morgan fingerprint density at radius 3 is 2.96 bits per heavy atom. The van der Waals surface area contributed by atoms with E-state index in [4.69, 9.17) is 24.8 Å². The number of fused-ring (bicyclic) bond motifs is 3. The zero-order chi connectivity index (χ0) is 19.7. The average molecular weight is 420 g/mol. The predicted molar refractivity (Wildman–Crippen MR) is 113 cm³/mol. The van der Waals surface area contributed by atoms with E-state index >= 15 is 0 Å². The van der Waals surface area contributed by atoms with E-state index in [2.05, 4.69) is 36.2 Å². The third-order valence-electron chi connectivity index (χ3n) is 5.34. The summed E-state index contributed by atoms with van der Waals surface area (Å²) in [6.45, 7) is 2.84. The number of aromatic nitrogens is 1. The van der Waals surface area contributed by atoms with Crippen LogP contribution in [0.15, 0.2) is 30.3 Å². The molecule has 1 heterocycles. The molecule has 2 atom stereocenters. The molecule has 3 aromatic rings.